The van der Waals surface area contributed by atoms with Crippen molar-refractivity contribution in [2.24, 2.45) is 5.10 Å². The summed E-state index contributed by atoms with van der Waals surface area (Å²) in [4.78, 5) is 22.8. The number of aryl methyl sites for hydroxylation is 1. The summed E-state index contributed by atoms with van der Waals surface area (Å²) in [5.74, 6) is -0.461. The lowest BCUT2D eigenvalue weighted by molar-refractivity contribution is -0.114. The summed E-state index contributed by atoms with van der Waals surface area (Å²) < 4.78 is 0. The second-order valence-electron chi connectivity index (χ2n) is 4.87. The number of rotatable bonds is 4. The molecule has 0 aliphatic carbocycles. The predicted molar refractivity (Wildman–Crippen MR) is 87.0 cm³/mol. The molecule has 2 aromatic rings. The molecule has 5 heteroatoms. The monoisotopic (exact) mass is 295 g/mol. The summed E-state index contributed by atoms with van der Waals surface area (Å²) in [6.07, 6.45) is 1.59. The van der Waals surface area contributed by atoms with Crippen LogP contribution < -0.4 is 10.7 Å². The maximum absolute atomic E-state index is 11.9. The van der Waals surface area contributed by atoms with Gasteiger partial charge in [-0.15, -0.1) is 0 Å². The van der Waals surface area contributed by atoms with E-state index in [1.807, 2.05) is 31.2 Å². The highest BCUT2D eigenvalue weighted by Gasteiger charge is 2.04. The zero-order valence-corrected chi connectivity index (χ0v) is 12.5. The Labute approximate surface area is 129 Å². The number of benzene rings is 2. The largest absolute Gasteiger partial charge is 0.326 e. The Morgan fingerprint density at radius 2 is 1.64 bits per heavy atom. The molecule has 0 saturated carbocycles. The van der Waals surface area contributed by atoms with Gasteiger partial charge in [-0.2, -0.15) is 5.10 Å². The first-order valence-electron chi connectivity index (χ1n) is 6.82. The summed E-state index contributed by atoms with van der Waals surface area (Å²) in [5, 5.41) is 6.56. The first kappa shape index (κ1) is 15.4. The zero-order chi connectivity index (χ0) is 15.9. The number of nitrogens with zero attached hydrogens (tertiary/aromatic N) is 1. The summed E-state index contributed by atoms with van der Waals surface area (Å²) in [7, 11) is 0. The molecule has 0 atom stereocenters. The number of amides is 2. The van der Waals surface area contributed by atoms with E-state index in [2.05, 4.69) is 15.8 Å². The van der Waals surface area contributed by atoms with Gasteiger partial charge >= 0.3 is 0 Å². The minimum absolute atomic E-state index is 0.153. The Kier molecular flexibility index (Phi) is 5.03. The average Bonchev–Trinajstić information content (AvgIpc) is 2.49. The fourth-order valence-electron chi connectivity index (χ4n) is 1.79. The van der Waals surface area contributed by atoms with Crippen LogP contribution in [0.4, 0.5) is 5.69 Å². The molecule has 5 nitrogen and oxygen atoms in total. The van der Waals surface area contributed by atoms with Crippen molar-refractivity contribution < 1.29 is 9.59 Å². The van der Waals surface area contributed by atoms with Gasteiger partial charge in [-0.1, -0.05) is 29.8 Å². The standard InChI is InChI=1S/C17H17N3O2/c1-12-3-5-14(6-4-12)11-18-20-17(22)15-7-9-16(10-8-15)19-13(2)21/h3-11H,1-2H3,(H,19,21)(H,20,22). The van der Waals surface area contributed by atoms with Crippen molar-refractivity contribution in [1.82, 2.24) is 5.43 Å². The molecule has 0 aliphatic heterocycles. The van der Waals surface area contributed by atoms with E-state index in [0.29, 0.717) is 11.3 Å². The van der Waals surface area contributed by atoms with Gasteiger partial charge in [0.25, 0.3) is 5.91 Å². The van der Waals surface area contributed by atoms with Crippen LogP contribution in [-0.4, -0.2) is 18.0 Å². The lowest BCUT2D eigenvalue weighted by atomic mass is 10.2. The summed E-state index contributed by atoms with van der Waals surface area (Å²) >= 11 is 0. The average molecular weight is 295 g/mol. The SMILES string of the molecule is CC(=O)Nc1ccc(C(=O)NN=Cc2ccc(C)cc2)cc1. The lowest BCUT2D eigenvalue weighted by Gasteiger charge is -2.03. The lowest BCUT2D eigenvalue weighted by Crippen LogP contribution is -2.17. The molecular formula is C17H17N3O2. The number of carbonyl (C=O) groups is 2. The Morgan fingerprint density at radius 1 is 1.00 bits per heavy atom. The van der Waals surface area contributed by atoms with E-state index in [0.717, 1.165) is 5.56 Å². The highest BCUT2D eigenvalue weighted by Crippen LogP contribution is 2.09. The number of anilines is 1. The topological polar surface area (TPSA) is 70.6 Å². The van der Waals surface area contributed by atoms with Crippen LogP contribution in [0.15, 0.2) is 53.6 Å². The minimum Gasteiger partial charge on any atom is -0.326 e. The van der Waals surface area contributed by atoms with Gasteiger partial charge in [0.2, 0.25) is 5.91 Å². The van der Waals surface area contributed by atoms with Crippen LogP contribution in [-0.2, 0) is 4.79 Å². The smallest absolute Gasteiger partial charge is 0.271 e. The normalized spacial score (nSPS) is 10.5. The van der Waals surface area contributed by atoms with Crippen LogP contribution in [0.3, 0.4) is 0 Å². The zero-order valence-electron chi connectivity index (χ0n) is 12.5. The van der Waals surface area contributed by atoms with Crippen molar-refractivity contribution in [3.8, 4) is 0 Å². The molecule has 0 fully saturated rings. The molecule has 0 saturated heterocycles. The first-order chi connectivity index (χ1) is 10.5. The molecule has 2 rings (SSSR count). The summed E-state index contributed by atoms with van der Waals surface area (Å²) in [6.45, 7) is 3.44. The van der Waals surface area contributed by atoms with E-state index in [4.69, 9.17) is 0 Å². The van der Waals surface area contributed by atoms with Crippen LogP contribution in [0.25, 0.3) is 0 Å². The van der Waals surface area contributed by atoms with Crippen molar-refractivity contribution in [2.45, 2.75) is 13.8 Å². The number of hydrogen-bond donors (Lipinski definition) is 2. The number of hydrazone groups is 1. The molecule has 22 heavy (non-hydrogen) atoms. The highest BCUT2D eigenvalue weighted by molar-refractivity contribution is 5.96. The van der Waals surface area contributed by atoms with Gasteiger partial charge in [0.1, 0.15) is 0 Å². The second kappa shape index (κ2) is 7.17. The summed E-state index contributed by atoms with van der Waals surface area (Å²) in [6, 6.07) is 14.4. The van der Waals surface area contributed by atoms with Crippen LogP contribution in [0, 0.1) is 6.92 Å². The fraction of sp³-hybridized carbons (Fsp3) is 0.118. The third-order valence-corrected chi connectivity index (χ3v) is 2.92. The van der Waals surface area contributed by atoms with Crippen LogP contribution in [0.2, 0.25) is 0 Å². The van der Waals surface area contributed by atoms with Crippen LogP contribution >= 0.6 is 0 Å². The predicted octanol–water partition coefficient (Wildman–Crippen LogP) is 2.72. The molecule has 2 N–H and O–H groups in total. The molecule has 0 bridgehead atoms. The van der Waals surface area contributed by atoms with Crippen LogP contribution in [0.1, 0.15) is 28.4 Å². The van der Waals surface area contributed by atoms with Crippen molar-refractivity contribution >= 4 is 23.7 Å². The van der Waals surface area contributed by atoms with Gasteiger partial charge in [0.05, 0.1) is 6.21 Å². The van der Waals surface area contributed by atoms with E-state index < -0.39 is 0 Å². The number of nitrogens with one attached hydrogen (secondary N) is 2. The molecule has 0 heterocycles. The minimum atomic E-state index is -0.308. The van der Waals surface area contributed by atoms with Crippen molar-refractivity contribution in [2.75, 3.05) is 5.32 Å². The highest BCUT2D eigenvalue weighted by atomic mass is 16.2. The Morgan fingerprint density at radius 3 is 2.23 bits per heavy atom. The van der Waals surface area contributed by atoms with E-state index in [1.54, 1.807) is 30.5 Å². The first-order valence-corrected chi connectivity index (χ1v) is 6.82. The molecule has 0 aromatic heterocycles. The Balaban J connectivity index is 1.94. The van der Waals surface area contributed by atoms with E-state index >= 15 is 0 Å². The molecule has 0 spiro atoms. The summed E-state index contributed by atoms with van der Waals surface area (Å²) in [5.41, 5.74) is 5.66. The van der Waals surface area contributed by atoms with E-state index in [-0.39, 0.29) is 11.8 Å². The van der Waals surface area contributed by atoms with Crippen molar-refractivity contribution in [3.63, 3.8) is 0 Å². The molecule has 112 valence electrons. The van der Waals surface area contributed by atoms with E-state index in [9.17, 15) is 9.59 Å². The molecule has 0 radical (unpaired) electrons. The molecule has 0 aliphatic rings. The molecular weight excluding hydrogens is 278 g/mol. The number of hydrogen-bond acceptors (Lipinski definition) is 3. The van der Waals surface area contributed by atoms with Gasteiger partial charge in [0.15, 0.2) is 0 Å². The molecule has 0 unspecified atom stereocenters. The van der Waals surface area contributed by atoms with Crippen molar-refractivity contribution in [3.05, 3.63) is 65.2 Å². The number of carbonyl (C=O) groups excluding carboxylic acids is 2. The van der Waals surface area contributed by atoms with Gasteiger partial charge in [-0.3, -0.25) is 9.59 Å². The van der Waals surface area contributed by atoms with Crippen LogP contribution in [0.5, 0.6) is 0 Å². The van der Waals surface area contributed by atoms with Gasteiger partial charge < -0.3 is 5.32 Å². The fourth-order valence-corrected chi connectivity index (χ4v) is 1.79. The second-order valence-corrected chi connectivity index (χ2v) is 4.87. The molecule has 2 aromatic carbocycles. The molecule has 2 amide bonds. The van der Waals surface area contributed by atoms with Gasteiger partial charge in [-0.05, 0) is 36.8 Å². The van der Waals surface area contributed by atoms with E-state index in [1.165, 1.54) is 12.5 Å². The Bertz CT molecular complexity index is 689. The maximum atomic E-state index is 11.9. The third kappa shape index (κ3) is 4.56. The quantitative estimate of drug-likeness (QED) is 0.672. The third-order valence-electron chi connectivity index (χ3n) is 2.92. The van der Waals surface area contributed by atoms with Gasteiger partial charge in [0, 0.05) is 18.2 Å². The van der Waals surface area contributed by atoms with Crippen molar-refractivity contribution in [1.29, 1.82) is 0 Å². The Hall–Kier alpha value is -2.95. The van der Waals surface area contributed by atoms with Gasteiger partial charge in [-0.25, -0.2) is 5.43 Å². The maximum Gasteiger partial charge on any atom is 0.271 e.